The zero-order valence-electron chi connectivity index (χ0n) is 16.9. The number of carbonyl (C=O) groups excluding carboxylic acids is 2. The van der Waals surface area contributed by atoms with E-state index < -0.39 is 0 Å². The van der Waals surface area contributed by atoms with E-state index in [1.807, 2.05) is 15.9 Å². The van der Waals surface area contributed by atoms with E-state index in [1.165, 1.54) is 12.0 Å². The maximum atomic E-state index is 12.9. The van der Waals surface area contributed by atoms with Crippen molar-refractivity contribution in [2.75, 3.05) is 39.3 Å². The van der Waals surface area contributed by atoms with Crippen LogP contribution in [0.1, 0.15) is 45.5 Å². The van der Waals surface area contributed by atoms with E-state index >= 15 is 0 Å². The summed E-state index contributed by atoms with van der Waals surface area (Å²) in [5.74, 6) is 0.138. The van der Waals surface area contributed by atoms with E-state index in [2.05, 4.69) is 29.2 Å². The lowest BCUT2D eigenvalue weighted by Crippen LogP contribution is -2.48. The molecule has 2 aliphatic heterocycles. The molecule has 2 fully saturated rings. The molecule has 0 aliphatic carbocycles. The van der Waals surface area contributed by atoms with Gasteiger partial charge in [-0.25, -0.2) is 0 Å². The van der Waals surface area contributed by atoms with E-state index in [1.54, 1.807) is 24.3 Å². The van der Waals surface area contributed by atoms with Crippen molar-refractivity contribution in [3.05, 3.63) is 71.3 Å². The number of piperazine rings is 1. The molecule has 2 aromatic carbocycles. The topological polar surface area (TPSA) is 43.9 Å². The number of carbonyl (C=O) groups is 2. The molecular formula is C24H29N3O2. The zero-order valence-corrected chi connectivity index (χ0v) is 16.9. The second-order valence-corrected chi connectivity index (χ2v) is 7.98. The maximum Gasteiger partial charge on any atom is 0.253 e. The second kappa shape index (κ2) is 9.23. The van der Waals surface area contributed by atoms with E-state index in [4.69, 9.17) is 0 Å². The molecule has 0 bridgehead atoms. The third kappa shape index (κ3) is 4.85. The Morgan fingerprint density at radius 2 is 1.14 bits per heavy atom. The van der Waals surface area contributed by atoms with Crippen LogP contribution >= 0.6 is 0 Å². The number of amides is 2. The average molecular weight is 392 g/mol. The summed E-state index contributed by atoms with van der Waals surface area (Å²) in [5.41, 5.74) is 2.65. The molecule has 2 aliphatic rings. The molecule has 2 amide bonds. The number of hydrogen-bond acceptors (Lipinski definition) is 3. The SMILES string of the molecule is O=C(c1ccc(C(=O)N2CCN(Cc3ccccc3)CC2)cc1)N1CCCCC1. The number of rotatable bonds is 4. The van der Waals surface area contributed by atoms with Crippen LogP contribution in [0.5, 0.6) is 0 Å². The van der Waals surface area contributed by atoms with Gasteiger partial charge in [0.25, 0.3) is 11.8 Å². The van der Waals surface area contributed by atoms with Gasteiger partial charge in [-0.2, -0.15) is 0 Å². The van der Waals surface area contributed by atoms with Crippen molar-refractivity contribution in [1.82, 2.24) is 14.7 Å². The van der Waals surface area contributed by atoms with E-state index in [0.717, 1.165) is 58.7 Å². The first-order valence-corrected chi connectivity index (χ1v) is 10.7. The highest BCUT2D eigenvalue weighted by atomic mass is 16.2. The normalized spacial score (nSPS) is 17.9. The number of piperidine rings is 1. The highest BCUT2D eigenvalue weighted by Gasteiger charge is 2.23. The fraction of sp³-hybridized carbons (Fsp3) is 0.417. The quantitative estimate of drug-likeness (QED) is 0.804. The predicted molar refractivity (Wildman–Crippen MR) is 114 cm³/mol. The fourth-order valence-corrected chi connectivity index (χ4v) is 4.17. The summed E-state index contributed by atoms with van der Waals surface area (Å²) in [7, 11) is 0. The third-order valence-electron chi connectivity index (χ3n) is 5.93. The van der Waals surface area contributed by atoms with E-state index in [9.17, 15) is 9.59 Å². The fourth-order valence-electron chi connectivity index (χ4n) is 4.17. The largest absolute Gasteiger partial charge is 0.339 e. The summed E-state index contributed by atoms with van der Waals surface area (Å²) in [6, 6.07) is 17.7. The Hall–Kier alpha value is -2.66. The van der Waals surface area contributed by atoms with Crippen LogP contribution in [0.3, 0.4) is 0 Å². The molecule has 0 N–H and O–H groups in total. The summed E-state index contributed by atoms with van der Waals surface area (Å²) < 4.78 is 0. The molecule has 0 spiro atoms. The van der Waals surface area contributed by atoms with Crippen molar-refractivity contribution in [2.45, 2.75) is 25.8 Å². The first kappa shape index (κ1) is 19.6. The minimum absolute atomic E-state index is 0.0568. The lowest BCUT2D eigenvalue weighted by Gasteiger charge is -2.34. The van der Waals surface area contributed by atoms with Crippen LogP contribution in [-0.2, 0) is 6.54 Å². The molecule has 2 saturated heterocycles. The molecule has 152 valence electrons. The van der Waals surface area contributed by atoms with Crippen LogP contribution in [0.25, 0.3) is 0 Å². The highest BCUT2D eigenvalue weighted by Crippen LogP contribution is 2.16. The zero-order chi connectivity index (χ0) is 20.1. The Bertz CT molecular complexity index is 821. The summed E-state index contributed by atoms with van der Waals surface area (Å²) >= 11 is 0. The Balaban J connectivity index is 1.31. The minimum Gasteiger partial charge on any atom is -0.339 e. The van der Waals surface area contributed by atoms with Crippen molar-refractivity contribution in [1.29, 1.82) is 0 Å². The van der Waals surface area contributed by atoms with Crippen LogP contribution in [0, 0.1) is 0 Å². The van der Waals surface area contributed by atoms with Gasteiger partial charge in [-0.05, 0) is 49.1 Å². The smallest absolute Gasteiger partial charge is 0.253 e. The number of nitrogens with zero attached hydrogens (tertiary/aromatic N) is 3. The highest BCUT2D eigenvalue weighted by molar-refractivity contribution is 5.97. The van der Waals surface area contributed by atoms with Gasteiger partial charge >= 0.3 is 0 Å². The van der Waals surface area contributed by atoms with Gasteiger partial charge in [-0.3, -0.25) is 14.5 Å². The molecule has 2 aromatic rings. The minimum atomic E-state index is 0.0568. The summed E-state index contributed by atoms with van der Waals surface area (Å²) in [6.07, 6.45) is 3.37. The van der Waals surface area contributed by atoms with Crippen LogP contribution in [0.15, 0.2) is 54.6 Å². The maximum absolute atomic E-state index is 12.9. The van der Waals surface area contributed by atoms with Gasteiger partial charge in [0.05, 0.1) is 0 Å². The van der Waals surface area contributed by atoms with Crippen LogP contribution < -0.4 is 0 Å². The number of hydrogen-bond donors (Lipinski definition) is 0. The molecule has 0 unspecified atom stereocenters. The van der Waals surface area contributed by atoms with E-state index in [0.29, 0.717) is 11.1 Å². The summed E-state index contributed by atoms with van der Waals surface area (Å²) in [4.78, 5) is 31.7. The molecule has 4 rings (SSSR count). The van der Waals surface area contributed by atoms with Crippen LogP contribution in [0.4, 0.5) is 0 Å². The summed E-state index contributed by atoms with van der Waals surface area (Å²) in [5, 5.41) is 0. The Morgan fingerprint density at radius 3 is 1.69 bits per heavy atom. The molecule has 5 nitrogen and oxygen atoms in total. The molecule has 5 heteroatoms. The Morgan fingerprint density at radius 1 is 0.621 bits per heavy atom. The lowest BCUT2D eigenvalue weighted by atomic mass is 10.1. The first-order chi connectivity index (χ1) is 14.2. The Labute approximate surface area is 172 Å². The molecule has 0 saturated carbocycles. The van der Waals surface area contributed by atoms with Crippen molar-refractivity contribution >= 4 is 11.8 Å². The van der Waals surface area contributed by atoms with Crippen LogP contribution in [-0.4, -0.2) is 65.8 Å². The third-order valence-corrected chi connectivity index (χ3v) is 5.93. The standard InChI is InChI=1S/C24H29N3O2/c28-23(26-13-5-2-6-14-26)21-9-11-22(12-10-21)24(29)27-17-15-25(16-18-27)19-20-7-3-1-4-8-20/h1,3-4,7-12H,2,5-6,13-19H2. The van der Waals surface area contributed by atoms with Gasteiger partial charge in [0.2, 0.25) is 0 Å². The average Bonchev–Trinajstić information content (AvgIpc) is 2.80. The first-order valence-electron chi connectivity index (χ1n) is 10.7. The summed E-state index contributed by atoms with van der Waals surface area (Å²) in [6.45, 7) is 5.84. The lowest BCUT2D eigenvalue weighted by molar-refractivity contribution is 0.0627. The molecule has 0 atom stereocenters. The molecular weight excluding hydrogens is 362 g/mol. The predicted octanol–water partition coefficient (Wildman–Crippen LogP) is 3.27. The van der Waals surface area contributed by atoms with Gasteiger partial charge in [0, 0.05) is 56.9 Å². The second-order valence-electron chi connectivity index (χ2n) is 7.98. The van der Waals surface area contributed by atoms with E-state index in [-0.39, 0.29) is 11.8 Å². The van der Waals surface area contributed by atoms with Gasteiger partial charge in [0.15, 0.2) is 0 Å². The van der Waals surface area contributed by atoms with Gasteiger partial charge < -0.3 is 9.80 Å². The van der Waals surface area contributed by atoms with Crippen molar-refractivity contribution in [3.8, 4) is 0 Å². The van der Waals surface area contributed by atoms with Crippen molar-refractivity contribution < 1.29 is 9.59 Å². The van der Waals surface area contributed by atoms with Gasteiger partial charge in [-0.15, -0.1) is 0 Å². The molecule has 2 heterocycles. The molecule has 0 radical (unpaired) electrons. The number of likely N-dealkylation sites (tertiary alicyclic amines) is 1. The molecule has 29 heavy (non-hydrogen) atoms. The van der Waals surface area contributed by atoms with Crippen molar-refractivity contribution in [2.24, 2.45) is 0 Å². The van der Waals surface area contributed by atoms with Crippen molar-refractivity contribution in [3.63, 3.8) is 0 Å². The van der Waals surface area contributed by atoms with Crippen LogP contribution in [0.2, 0.25) is 0 Å². The molecule has 0 aromatic heterocycles. The van der Waals surface area contributed by atoms with Gasteiger partial charge in [0.1, 0.15) is 0 Å². The van der Waals surface area contributed by atoms with Gasteiger partial charge in [-0.1, -0.05) is 30.3 Å². The monoisotopic (exact) mass is 391 g/mol. The number of benzene rings is 2. The Kier molecular flexibility index (Phi) is 6.25.